The molecular formula is C13H15ClN2O4S. The number of nitro benzene ring substituents is 1. The summed E-state index contributed by atoms with van der Waals surface area (Å²) in [5.74, 6) is 0.736. The van der Waals surface area contributed by atoms with Crippen LogP contribution in [0.2, 0.25) is 5.02 Å². The number of carboxylic acids is 1. The maximum atomic E-state index is 11.1. The number of thioether (sulfide) groups is 1. The van der Waals surface area contributed by atoms with Gasteiger partial charge in [-0.3, -0.25) is 19.8 Å². The second-order valence-electron chi connectivity index (χ2n) is 4.79. The Balaban J connectivity index is 2.23. The van der Waals surface area contributed by atoms with Gasteiger partial charge in [0.25, 0.3) is 5.69 Å². The molecular weight excluding hydrogens is 316 g/mol. The van der Waals surface area contributed by atoms with Crippen molar-refractivity contribution in [2.24, 2.45) is 0 Å². The van der Waals surface area contributed by atoms with Crippen LogP contribution in [0.1, 0.15) is 12.0 Å². The Morgan fingerprint density at radius 3 is 3.00 bits per heavy atom. The van der Waals surface area contributed by atoms with Crippen LogP contribution < -0.4 is 0 Å². The van der Waals surface area contributed by atoms with Gasteiger partial charge < -0.3 is 5.11 Å². The first-order valence-electron chi connectivity index (χ1n) is 6.44. The lowest BCUT2D eigenvalue weighted by Gasteiger charge is -2.34. The van der Waals surface area contributed by atoms with Crippen LogP contribution in [0.5, 0.6) is 0 Å². The van der Waals surface area contributed by atoms with E-state index in [1.807, 2.05) is 4.90 Å². The Morgan fingerprint density at radius 1 is 1.57 bits per heavy atom. The molecule has 1 unspecified atom stereocenters. The largest absolute Gasteiger partial charge is 0.481 e. The van der Waals surface area contributed by atoms with Gasteiger partial charge in [-0.05, 0) is 6.07 Å². The van der Waals surface area contributed by atoms with E-state index in [-0.39, 0.29) is 18.2 Å². The summed E-state index contributed by atoms with van der Waals surface area (Å²) in [5.41, 5.74) is 0.432. The number of rotatable bonds is 5. The van der Waals surface area contributed by atoms with Crippen LogP contribution in [0.4, 0.5) is 5.69 Å². The van der Waals surface area contributed by atoms with Crippen LogP contribution in [0.15, 0.2) is 18.2 Å². The Kier molecular flexibility index (Phi) is 5.44. The number of carboxylic acid groups (broad SMARTS) is 1. The van der Waals surface area contributed by atoms with Crippen molar-refractivity contribution in [3.05, 3.63) is 38.9 Å². The van der Waals surface area contributed by atoms with Crippen LogP contribution in [-0.2, 0) is 11.3 Å². The highest BCUT2D eigenvalue weighted by Crippen LogP contribution is 2.30. The molecule has 1 aliphatic rings. The van der Waals surface area contributed by atoms with Gasteiger partial charge in [-0.15, -0.1) is 0 Å². The summed E-state index contributed by atoms with van der Waals surface area (Å²) in [6.07, 6.45) is 0.0330. The first-order chi connectivity index (χ1) is 9.99. The average molecular weight is 331 g/mol. The van der Waals surface area contributed by atoms with Crippen molar-refractivity contribution in [1.82, 2.24) is 4.90 Å². The van der Waals surface area contributed by atoms with Crippen molar-refractivity contribution in [2.45, 2.75) is 19.0 Å². The molecule has 1 saturated heterocycles. The Morgan fingerprint density at radius 2 is 2.33 bits per heavy atom. The van der Waals surface area contributed by atoms with Gasteiger partial charge in [-0.1, -0.05) is 17.7 Å². The third-order valence-corrected chi connectivity index (χ3v) is 4.86. The number of nitro groups is 1. The van der Waals surface area contributed by atoms with Crippen molar-refractivity contribution in [2.75, 3.05) is 18.1 Å². The van der Waals surface area contributed by atoms with Crippen molar-refractivity contribution in [1.29, 1.82) is 0 Å². The topological polar surface area (TPSA) is 83.7 Å². The fourth-order valence-electron chi connectivity index (χ4n) is 2.36. The summed E-state index contributed by atoms with van der Waals surface area (Å²) >= 11 is 7.80. The number of nitrogens with zero attached hydrogens (tertiary/aromatic N) is 2. The maximum absolute atomic E-state index is 11.1. The summed E-state index contributed by atoms with van der Waals surface area (Å²) in [7, 11) is 0. The molecule has 0 radical (unpaired) electrons. The summed E-state index contributed by atoms with van der Waals surface area (Å²) in [4.78, 5) is 23.6. The third-order valence-electron chi connectivity index (χ3n) is 3.41. The van der Waals surface area contributed by atoms with E-state index >= 15 is 0 Å². The van der Waals surface area contributed by atoms with Crippen LogP contribution in [-0.4, -0.2) is 45.0 Å². The number of aliphatic carboxylic acids is 1. The highest BCUT2D eigenvalue weighted by Gasteiger charge is 2.28. The molecule has 1 N–H and O–H groups in total. The fraction of sp³-hybridized carbons (Fsp3) is 0.462. The minimum absolute atomic E-state index is 0.0187. The van der Waals surface area contributed by atoms with E-state index in [2.05, 4.69) is 0 Å². The molecule has 1 atom stereocenters. The molecule has 6 nitrogen and oxygen atoms in total. The van der Waals surface area contributed by atoms with E-state index in [9.17, 15) is 14.9 Å². The summed E-state index contributed by atoms with van der Waals surface area (Å²) < 4.78 is 0. The van der Waals surface area contributed by atoms with Crippen LogP contribution in [0, 0.1) is 10.1 Å². The van der Waals surface area contributed by atoms with Crippen molar-refractivity contribution in [3.8, 4) is 0 Å². The molecule has 2 rings (SSSR count). The SMILES string of the molecule is O=C(O)CC1CSCCN1Cc1c(Cl)cccc1[N+](=O)[O-]. The molecule has 0 spiro atoms. The smallest absolute Gasteiger partial charge is 0.304 e. The van der Waals surface area contributed by atoms with Gasteiger partial charge in [0, 0.05) is 36.7 Å². The molecule has 1 aromatic rings. The van der Waals surface area contributed by atoms with E-state index in [4.69, 9.17) is 16.7 Å². The molecule has 0 bridgehead atoms. The second kappa shape index (κ2) is 7.11. The minimum atomic E-state index is -0.860. The van der Waals surface area contributed by atoms with Crippen molar-refractivity contribution < 1.29 is 14.8 Å². The number of hydrogen-bond acceptors (Lipinski definition) is 5. The molecule has 1 aromatic carbocycles. The van der Waals surface area contributed by atoms with Crippen LogP contribution in [0.25, 0.3) is 0 Å². The van der Waals surface area contributed by atoms with E-state index in [1.165, 1.54) is 6.07 Å². The predicted octanol–water partition coefficient (Wildman–Crippen LogP) is 2.64. The molecule has 8 heteroatoms. The number of benzene rings is 1. The molecule has 0 aliphatic carbocycles. The van der Waals surface area contributed by atoms with E-state index in [0.717, 1.165) is 5.75 Å². The Labute approximate surface area is 131 Å². The minimum Gasteiger partial charge on any atom is -0.481 e. The first-order valence-corrected chi connectivity index (χ1v) is 7.97. The molecule has 0 amide bonds. The van der Waals surface area contributed by atoms with Gasteiger partial charge >= 0.3 is 5.97 Å². The normalized spacial score (nSPS) is 19.4. The number of carbonyl (C=O) groups is 1. The molecule has 0 aromatic heterocycles. The van der Waals surface area contributed by atoms with Crippen molar-refractivity contribution >= 4 is 35.0 Å². The highest BCUT2D eigenvalue weighted by molar-refractivity contribution is 7.99. The lowest BCUT2D eigenvalue weighted by molar-refractivity contribution is -0.385. The standard InChI is InChI=1S/C13H15ClN2O4S/c14-11-2-1-3-12(16(19)20)10(11)7-15-4-5-21-8-9(15)6-13(17)18/h1-3,9H,4-8H2,(H,17,18). The maximum Gasteiger partial charge on any atom is 0.304 e. The monoisotopic (exact) mass is 330 g/mol. The zero-order valence-electron chi connectivity index (χ0n) is 11.2. The first kappa shape index (κ1) is 16.1. The summed E-state index contributed by atoms with van der Waals surface area (Å²) in [6.45, 7) is 0.999. The average Bonchev–Trinajstić information content (AvgIpc) is 2.42. The number of halogens is 1. The van der Waals surface area contributed by atoms with Gasteiger partial charge in [-0.2, -0.15) is 11.8 Å². The van der Waals surface area contributed by atoms with E-state index in [1.54, 1.807) is 23.9 Å². The molecule has 0 saturated carbocycles. The Hall–Kier alpha value is -1.31. The lowest BCUT2D eigenvalue weighted by atomic mass is 10.1. The Bertz CT molecular complexity index is 555. The second-order valence-corrected chi connectivity index (χ2v) is 6.35. The van der Waals surface area contributed by atoms with Crippen LogP contribution >= 0.6 is 23.4 Å². The molecule has 114 valence electrons. The number of hydrogen-bond donors (Lipinski definition) is 1. The van der Waals surface area contributed by atoms with Gasteiger partial charge in [0.2, 0.25) is 0 Å². The van der Waals surface area contributed by atoms with E-state index in [0.29, 0.717) is 29.4 Å². The molecule has 21 heavy (non-hydrogen) atoms. The van der Waals surface area contributed by atoms with Crippen LogP contribution in [0.3, 0.4) is 0 Å². The lowest BCUT2D eigenvalue weighted by Crippen LogP contribution is -2.43. The van der Waals surface area contributed by atoms with E-state index < -0.39 is 10.9 Å². The fourth-order valence-corrected chi connectivity index (χ4v) is 3.73. The molecule has 1 fully saturated rings. The predicted molar refractivity (Wildman–Crippen MR) is 81.9 cm³/mol. The van der Waals surface area contributed by atoms with Gasteiger partial charge in [0.15, 0.2) is 0 Å². The van der Waals surface area contributed by atoms with Gasteiger partial charge in [0.05, 0.1) is 21.9 Å². The van der Waals surface area contributed by atoms with Gasteiger partial charge in [-0.25, -0.2) is 0 Å². The quantitative estimate of drug-likeness (QED) is 0.660. The third kappa shape index (κ3) is 4.09. The zero-order chi connectivity index (χ0) is 15.4. The molecule has 1 heterocycles. The zero-order valence-corrected chi connectivity index (χ0v) is 12.8. The van der Waals surface area contributed by atoms with Gasteiger partial charge in [0.1, 0.15) is 0 Å². The highest BCUT2D eigenvalue weighted by atomic mass is 35.5. The summed E-state index contributed by atoms with van der Waals surface area (Å²) in [5, 5.41) is 20.4. The molecule has 1 aliphatic heterocycles. The van der Waals surface area contributed by atoms with Crippen molar-refractivity contribution in [3.63, 3.8) is 0 Å². The summed E-state index contributed by atoms with van der Waals surface area (Å²) in [6, 6.07) is 4.46.